The number of hydrogen-bond donors (Lipinski definition) is 3. The molecule has 1 atom stereocenters. The van der Waals surface area contributed by atoms with E-state index in [0.717, 1.165) is 41.0 Å². The van der Waals surface area contributed by atoms with Crippen molar-refractivity contribution in [2.24, 2.45) is 5.41 Å². The van der Waals surface area contributed by atoms with Crippen molar-refractivity contribution in [3.05, 3.63) is 34.5 Å². The minimum Gasteiger partial charge on any atom is -0.358 e. The molecule has 4 rings (SSSR count). The van der Waals surface area contributed by atoms with Crippen LogP contribution in [0, 0.1) is 12.3 Å². The first-order valence-electron chi connectivity index (χ1n) is 9.35. The Balaban J connectivity index is 1.38. The molecule has 3 N–H and O–H groups in total. The molecule has 2 heterocycles. The zero-order chi connectivity index (χ0) is 17.4. The number of aromatic amines is 1. The minimum absolute atomic E-state index is 0.0262. The Hall–Kier alpha value is -1.52. The Kier molecular flexibility index (Phi) is 4.50. The van der Waals surface area contributed by atoms with Crippen molar-refractivity contribution in [2.45, 2.75) is 51.5 Å². The molecule has 5 heteroatoms. The number of fused-ring (bicyclic) bond motifs is 1. The lowest BCUT2D eigenvalue weighted by Gasteiger charge is -2.47. The van der Waals surface area contributed by atoms with E-state index in [2.05, 4.69) is 22.5 Å². The van der Waals surface area contributed by atoms with E-state index in [1.165, 1.54) is 31.2 Å². The number of rotatable bonds is 4. The predicted molar refractivity (Wildman–Crippen MR) is 102 cm³/mol. The van der Waals surface area contributed by atoms with E-state index in [1.54, 1.807) is 0 Å². The molecule has 2 aliphatic rings. The first kappa shape index (κ1) is 16.9. The molecule has 2 fully saturated rings. The van der Waals surface area contributed by atoms with Gasteiger partial charge in [-0.1, -0.05) is 24.1 Å². The maximum atomic E-state index is 12.6. The van der Waals surface area contributed by atoms with E-state index < -0.39 is 0 Å². The van der Waals surface area contributed by atoms with Gasteiger partial charge in [-0.25, -0.2) is 0 Å². The van der Waals surface area contributed by atoms with Gasteiger partial charge in [0.05, 0.1) is 11.1 Å². The standard InChI is InChI=1S/C20H26ClN3O/c1-13-14(18-15(21)4-2-5-16(18)24-13)6-10-23-19(25)17-12-20(7-3-8-20)9-11-22-17/h2,4-5,17,22,24H,3,6-12H2,1H3,(H,23,25). The molecule has 1 unspecified atom stereocenters. The van der Waals surface area contributed by atoms with Gasteiger partial charge in [0.15, 0.2) is 0 Å². The fourth-order valence-electron chi connectivity index (χ4n) is 4.58. The lowest BCUT2D eigenvalue weighted by atomic mass is 9.62. The van der Waals surface area contributed by atoms with Crippen LogP contribution in [-0.4, -0.2) is 30.0 Å². The predicted octanol–water partition coefficient (Wildman–Crippen LogP) is 3.71. The summed E-state index contributed by atoms with van der Waals surface area (Å²) in [4.78, 5) is 15.9. The number of halogens is 1. The Morgan fingerprint density at radius 1 is 1.36 bits per heavy atom. The summed E-state index contributed by atoms with van der Waals surface area (Å²) < 4.78 is 0. The number of aryl methyl sites for hydroxylation is 1. The normalized spacial score (nSPS) is 22.1. The topological polar surface area (TPSA) is 56.9 Å². The van der Waals surface area contributed by atoms with Gasteiger partial charge in [-0.2, -0.15) is 0 Å². The fourth-order valence-corrected chi connectivity index (χ4v) is 4.87. The average molecular weight is 360 g/mol. The van der Waals surface area contributed by atoms with Gasteiger partial charge in [-0.15, -0.1) is 0 Å². The molecule has 1 saturated carbocycles. The van der Waals surface area contributed by atoms with Crippen molar-refractivity contribution >= 4 is 28.4 Å². The summed E-state index contributed by atoms with van der Waals surface area (Å²) in [6.45, 7) is 3.68. The smallest absolute Gasteiger partial charge is 0.237 e. The number of benzene rings is 1. The summed E-state index contributed by atoms with van der Waals surface area (Å²) in [6, 6.07) is 5.89. The van der Waals surface area contributed by atoms with Crippen molar-refractivity contribution in [1.29, 1.82) is 0 Å². The van der Waals surface area contributed by atoms with Gasteiger partial charge in [0.25, 0.3) is 0 Å². The molecule has 4 nitrogen and oxygen atoms in total. The first-order valence-corrected chi connectivity index (χ1v) is 9.73. The van der Waals surface area contributed by atoms with Crippen LogP contribution in [0.1, 0.15) is 43.4 Å². The molecule has 1 saturated heterocycles. The van der Waals surface area contributed by atoms with Crippen LogP contribution >= 0.6 is 11.6 Å². The van der Waals surface area contributed by atoms with Gasteiger partial charge in [-0.05, 0) is 68.7 Å². The van der Waals surface area contributed by atoms with Crippen LogP contribution < -0.4 is 10.6 Å². The molecule has 0 radical (unpaired) electrons. The number of carbonyl (C=O) groups is 1. The zero-order valence-corrected chi connectivity index (χ0v) is 15.5. The fraction of sp³-hybridized carbons (Fsp3) is 0.550. The van der Waals surface area contributed by atoms with E-state index in [0.29, 0.717) is 12.0 Å². The third kappa shape index (κ3) is 3.18. The molecule has 1 amide bonds. The molecule has 1 aromatic carbocycles. The van der Waals surface area contributed by atoms with Crippen molar-refractivity contribution in [3.8, 4) is 0 Å². The van der Waals surface area contributed by atoms with E-state index in [-0.39, 0.29) is 11.9 Å². The third-order valence-corrected chi connectivity index (χ3v) is 6.49. The highest BCUT2D eigenvalue weighted by molar-refractivity contribution is 6.35. The van der Waals surface area contributed by atoms with Crippen molar-refractivity contribution in [2.75, 3.05) is 13.1 Å². The monoisotopic (exact) mass is 359 g/mol. The highest BCUT2D eigenvalue weighted by Crippen LogP contribution is 2.48. The largest absolute Gasteiger partial charge is 0.358 e. The molecule has 1 aromatic heterocycles. The second kappa shape index (κ2) is 6.65. The number of piperidine rings is 1. The van der Waals surface area contributed by atoms with Crippen molar-refractivity contribution in [1.82, 2.24) is 15.6 Å². The van der Waals surface area contributed by atoms with Crippen LogP contribution in [0.3, 0.4) is 0 Å². The summed E-state index contributed by atoms with van der Waals surface area (Å²) in [5.41, 5.74) is 3.84. The number of hydrogen-bond acceptors (Lipinski definition) is 2. The molecule has 134 valence electrons. The SMILES string of the molecule is Cc1[nH]c2cccc(Cl)c2c1CCNC(=O)C1CC2(CCC2)CCN1. The quantitative estimate of drug-likeness (QED) is 0.779. The molecular weight excluding hydrogens is 334 g/mol. The summed E-state index contributed by atoms with van der Waals surface area (Å²) in [7, 11) is 0. The van der Waals surface area contributed by atoms with Crippen LogP contribution in [0.15, 0.2) is 18.2 Å². The Bertz CT molecular complexity index is 794. The number of amides is 1. The molecule has 1 aliphatic heterocycles. The molecule has 25 heavy (non-hydrogen) atoms. The Labute approximate surface area is 153 Å². The van der Waals surface area contributed by atoms with Crippen LogP contribution in [0.2, 0.25) is 5.02 Å². The van der Waals surface area contributed by atoms with Crippen LogP contribution in [0.25, 0.3) is 10.9 Å². The van der Waals surface area contributed by atoms with Gasteiger partial charge in [0.2, 0.25) is 5.91 Å². The van der Waals surface area contributed by atoms with Crippen molar-refractivity contribution in [3.63, 3.8) is 0 Å². The summed E-state index contributed by atoms with van der Waals surface area (Å²) in [5.74, 6) is 0.148. The Morgan fingerprint density at radius 2 is 2.20 bits per heavy atom. The van der Waals surface area contributed by atoms with E-state index in [1.807, 2.05) is 18.2 Å². The third-order valence-electron chi connectivity index (χ3n) is 6.18. The summed E-state index contributed by atoms with van der Waals surface area (Å²) in [5, 5.41) is 8.38. The molecule has 2 aromatic rings. The molecule has 0 bridgehead atoms. The van der Waals surface area contributed by atoms with Gasteiger partial charge >= 0.3 is 0 Å². The van der Waals surface area contributed by atoms with E-state index in [9.17, 15) is 4.79 Å². The maximum Gasteiger partial charge on any atom is 0.237 e. The van der Waals surface area contributed by atoms with E-state index >= 15 is 0 Å². The maximum absolute atomic E-state index is 12.6. The van der Waals surface area contributed by atoms with E-state index in [4.69, 9.17) is 11.6 Å². The van der Waals surface area contributed by atoms with Gasteiger partial charge in [0.1, 0.15) is 0 Å². The molecule has 1 aliphatic carbocycles. The van der Waals surface area contributed by atoms with Crippen molar-refractivity contribution < 1.29 is 4.79 Å². The summed E-state index contributed by atoms with van der Waals surface area (Å²) in [6.07, 6.45) is 6.94. The highest BCUT2D eigenvalue weighted by atomic mass is 35.5. The average Bonchev–Trinajstić information content (AvgIpc) is 2.90. The Morgan fingerprint density at radius 3 is 2.96 bits per heavy atom. The second-order valence-corrected chi connectivity index (χ2v) is 8.15. The van der Waals surface area contributed by atoms with Crippen LogP contribution in [0.4, 0.5) is 0 Å². The number of carbonyl (C=O) groups excluding carboxylic acids is 1. The second-order valence-electron chi connectivity index (χ2n) is 7.75. The number of aromatic nitrogens is 1. The number of H-pyrrole nitrogens is 1. The zero-order valence-electron chi connectivity index (χ0n) is 14.8. The van der Waals surface area contributed by atoms with Crippen LogP contribution in [0.5, 0.6) is 0 Å². The number of nitrogens with one attached hydrogen (secondary N) is 3. The first-order chi connectivity index (χ1) is 12.1. The molecule has 1 spiro atoms. The highest BCUT2D eigenvalue weighted by Gasteiger charge is 2.42. The van der Waals surface area contributed by atoms with Gasteiger partial charge in [-0.3, -0.25) is 4.79 Å². The lowest BCUT2D eigenvalue weighted by molar-refractivity contribution is -0.125. The van der Waals surface area contributed by atoms with Gasteiger partial charge in [0, 0.05) is 23.1 Å². The molecular formula is C20H26ClN3O. The van der Waals surface area contributed by atoms with Gasteiger partial charge < -0.3 is 15.6 Å². The summed E-state index contributed by atoms with van der Waals surface area (Å²) >= 11 is 6.38. The lowest BCUT2D eigenvalue weighted by Crippen LogP contribution is -2.53. The minimum atomic E-state index is -0.0262. The van der Waals surface area contributed by atoms with Crippen LogP contribution in [-0.2, 0) is 11.2 Å².